The fourth-order valence-corrected chi connectivity index (χ4v) is 4.64. The summed E-state index contributed by atoms with van der Waals surface area (Å²) < 4.78 is 11.3. The molecule has 0 spiro atoms. The zero-order valence-corrected chi connectivity index (χ0v) is 13.7. The molecule has 2 saturated heterocycles. The Balaban J connectivity index is 1.35. The maximum absolute atomic E-state index is 6.12. The molecule has 5 heteroatoms. The maximum atomic E-state index is 6.12. The number of furan rings is 1. The number of likely N-dealkylation sites (tertiary alicyclic amines) is 1. The van der Waals surface area contributed by atoms with Gasteiger partial charge < -0.3 is 9.15 Å². The summed E-state index contributed by atoms with van der Waals surface area (Å²) in [6.45, 7) is 6.26. The third-order valence-electron chi connectivity index (χ3n) is 4.91. The SMILES string of the molecule is Cc1csc(C[C@H]2OC[C@H]3CN(Cc4ccoc4)CC[C@H]32)n1. The molecular formula is C17H22N2O2S. The molecule has 2 aliphatic heterocycles. The van der Waals surface area contributed by atoms with E-state index in [-0.39, 0.29) is 0 Å². The van der Waals surface area contributed by atoms with Gasteiger partial charge in [-0.15, -0.1) is 11.3 Å². The van der Waals surface area contributed by atoms with E-state index in [1.54, 1.807) is 17.6 Å². The van der Waals surface area contributed by atoms with Gasteiger partial charge in [-0.25, -0.2) is 4.98 Å². The van der Waals surface area contributed by atoms with Crippen molar-refractivity contribution in [1.82, 2.24) is 9.88 Å². The molecule has 4 nitrogen and oxygen atoms in total. The van der Waals surface area contributed by atoms with Gasteiger partial charge in [-0.05, 0) is 31.9 Å². The molecule has 2 aliphatic rings. The molecule has 118 valence electrons. The van der Waals surface area contributed by atoms with Crippen LogP contribution in [-0.2, 0) is 17.7 Å². The second-order valence-electron chi connectivity index (χ2n) is 6.54. The molecule has 22 heavy (non-hydrogen) atoms. The van der Waals surface area contributed by atoms with Gasteiger partial charge in [0.1, 0.15) is 0 Å². The van der Waals surface area contributed by atoms with Crippen LogP contribution < -0.4 is 0 Å². The topological polar surface area (TPSA) is 38.5 Å². The van der Waals surface area contributed by atoms with Crippen LogP contribution in [0.25, 0.3) is 0 Å². The monoisotopic (exact) mass is 318 g/mol. The Kier molecular flexibility index (Phi) is 4.03. The molecule has 0 aromatic carbocycles. The number of fused-ring (bicyclic) bond motifs is 1. The van der Waals surface area contributed by atoms with Gasteiger partial charge >= 0.3 is 0 Å². The summed E-state index contributed by atoms with van der Waals surface area (Å²) in [6, 6.07) is 2.06. The van der Waals surface area contributed by atoms with Crippen LogP contribution in [0.3, 0.4) is 0 Å². The van der Waals surface area contributed by atoms with E-state index in [2.05, 4.69) is 28.3 Å². The number of hydrogen-bond donors (Lipinski definition) is 0. The van der Waals surface area contributed by atoms with E-state index in [4.69, 9.17) is 9.15 Å². The van der Waals surface area contributed by atoms with Crippen molar-refractivity contribution in [3.05, 3.63) is 40.2 Å². The van der Waals surface area contributed by atoms with Crippen LogP contribution in [-0.4, -0.2) is 35.7 Å². The number of hydrogen-bond acceptors (Lipinski definition) is 5. The van der Waals surface area contributed by atoms with Crippen LogP contribution in [0.1, 0.15) is 22.7 Å². The molecule has 0 unspecified atom stereocenters. The van der Waals surface area contributed by atoms with E-state index >= 15 is 0 Å². The lowest BCUT2D eigenvalue weighted by atomic mass is 9.83. The molecule has 4 rings (SSSR count). The number of ether oxygens (including phenoxy) is 1. The Morgan fingerprint density at radius 1 is 1.45 bits per heavy atom. The fraction of sp³-hybridized carbons (Fsp3) is 0.588. The van der Waals surface area contributed by atoms with Crippen molar-refractivity contribution in [1.29, 1.82) is 0 Å². The molecule has 4 heterocycles. The van der Waals surface area contributed by atoms with Crippen LogP contribution in [0.5, 0.6) is 0 Å². The summed E-state index contributed by atoms with van der Waals surface area (Å²) in [4.78, 5) is 7.13. The van der Waals surface area contributed by atoms with Crippen molar-refractivity contribution in [2.45, 2.75) is 32.4 Å². The Hall–Kier alpha value is -1.17. The van der Waals surface area contributed by atoms with Gasteiger partial charge in [0, 0.05) is 42.1 Å². The first kappa shape index (κ1) is 14.4. The van der Waals surface area contributed by atoms with Crippen molar-refractivity contribution in [2.75, 3.05) is 19.7 Å². The van der Waals surface area contributed by atoms with Gasteiger partial charge in [0.2, 0.25) is 0 Å². The Labute approximate surface area is 135 Å². The quantitative estimate of drug-likeness (QED) is 0.868. The number of aryl methyl sites for hydroxylation is 1. The minimum atomic E-state index is 0.367. The van der Waals surface area contributed by atoms with E-state index < -0.39 is 0 Å². The van der Waals surface area contributed by atoms with Gasteiger partial charge in [0.05, 0.1) is 30.2 Å². The lowest BCUT2D eigenvalue weighted by Crippen LogP contribution is -2.41. The first-order valence-electron chi connectivity index (χ1n) is 8.04. The van der Waals surface area contributed by atoms with Gasteiger partial charge in [0.15, 0.2) is 0 Å². The van der Waals surface area contributed by atoms with Crippen LogP contribution >= 0.6 is 11.3 Å². The Morgan fingerprint density at radius 2 is 2.41 bits per heavy atom. The fourth-order valence-electron chi connectivity index (χ4n) is 3.83. The first-order valence-corrected chi connectivity index (χ1v) is 8.92. The normalized spacial score (nSPS) is 28.9. The predicted molar refractivity (Wildman–Crippen MR) is 85.9 cm³/mol. The standard InChI is InChI=1S/C17H22N2O2S/c1-12-11-22-17(18-12)6-16-15-2-4-19(8-14(15)10-21-16)7-13-3-5-20-9-13/h3,5,9,11,14-16H,2,4,6-8,10H2,1H3/t14-,15-,16-/m1/s1. The highest BCUT2D eigenvalue weighted by Crippen LogP contribution is 2.36. The van der Waals surface area contributed by atoms with Crippen molar-refractivity contribution in [3.63, 3.8) is 0 Å². The molecular weight excluding hydrogens is 296 g/mol. The summed E-state index contributed by atoms with van der Waals surface area (Å²) in [7, 11) is 0. The average molecular weight is 318 g/mol. The van der Waals surface area contributed by atoms with Crippen molar-refractivity contribution in [2.24, 2.45) is 11.8 Å². The Morgan fingerprint density at radius 3 is 3.18 bits per heavy atom. The second-order valence-corrected chi connectivity index (χ2v) is 7.48. The lowest BCUT2D eigenvalue weighted by molar-refractivity contribution is 0.0849. The van der Waals surface area contributed by atoms with E-state index in [0.717, 1.165) is 38.4 Å². The highest BCUT2D eigenvalue weighted by Gasteiger charge is 2.40. The van der Waals surface area contributed by atoms with Crippen molar-refractivity contribution >= 4 is 11.3 Å². The van der Waals surface area contributed by atoms with Gasteiger partial charge in [-0.2, -0.15) is 0 Å². The molecule has 2 aromatic heterocycles. The number of rotatable bonds is 4. The highest BCUT2D eigenvalue weighted by atomic mass is 32.1. The summed E-state index contributed by atoms with van der Waals surface area (Å²) in [5.74, 6) is 1.37. The molecule has 0 amide bonds. The molecule has 0 saturated carbocycles. The maximum Gasteiger partial charge on any atom is 0.0954 e. The van der Waals surface area contributed by atoms with E-state index in [1.165, 1.54) is 17.0 Å². The second kappa shape index (κ2) is 6.14. The van der Waals surface area contributed by atoms with Crippen LogP contribution in [0.4, 0.5) is 0 Å². The Bertz CT molecular complexity index is 610. The summed E-state index contributed by atoms with van der Waals surface area (Å²) in [5, 5.41) is 3.36. The largest absolute Gasteiger partial charge is 0.472 e. The molecule has 0 bridgehead atoms. The van der Waals surface area contributed by atoms with E-state index in [1.807, 2.05) is 6.26 Å². The van der Waals surface area contributed by atoms with Gasteiger partial charge in [-0.3, -0.25) is 4.90 Å². The molecule has 2 aromatic rings. The molecule has 3 atom stereocenters. The minimum absolute atomic E-state index is 0.367. The van der Waals surface area contributed by atoms with Crippen LogP contribution in [0.15, 0.2) is 28.4 Å². The number of nitrogens with zero attached hydrogens (tertiary/aromatic N) is 2. The molecule has 2 fully saturated rings. The third-order valence-corrected chi connectivity index (χ3v) is 5.90. The molecule has 0 N–H and O–H groups in total. The lowest BCUT2D eigenvalue weighted by Gasteiger charge is -2.35. The summed E-state index contributed by atoms with van der Waals surface area (Å²) in [6.07, 6.45) is 6.20. The smallest absolute Gasteiger partial charge is 0.0954 e. The van der Waals surface area contributed by atoms with E-state index in [9.17, 15) is 0 Å². The third kappa shape index (κ3) is 2.98. The van der Waals surface area contributed by atoms with E-state index in [0.29, 0.717) is 17.9 Å². The number of piperidine rings is 1. The number of aromatic nitrogens is 1. The van der Waals surface area contributed by atoms with Gasteiger partial charge in [-0.1, -0.05) is 0 Å². The number of thiazole rings is 1. The van der Waals surface area contributed by atoms with Crippen LogP contribution in [0, 0.1) is 18.8 Å². The zero-order valence-electron chi connectivity index (χ0n) is 12.9. The average Bonchev–Trinajstić information content (AvgIpc) is 3.23. The summed E-state index contributed by atoms with van der Waals surface area (Å²) in [5.41, 5.74) is 2.40. The first-order chi connectivity index (χ1) is 10.8. The molecule has 0 aliphatic carbocycles. The minimum Gasteiger partial charge on any atom is -0.472 e. The summed E-state index contributed by atoms with van der Waals surface area (Å²) >= 11 is 1.77. The van der Waals surface area contributed by atoms with Crippen molar-refractivity contribution in [3.8, 4) is 0 Å². The predicted octanol–water partition coefficient (Wildman–Crippen LogP) is 3.12. The molecule has 0 radical (unpaired) electrons. The van der Waals surface area contributed by atoms with Crippen molar-refractivity contribution < 1.29 is 9.15 Å². The van der Waals surface area contributed by atoms with Gasteiger partial charge in [0.25, 0.3) is 0 Å². The zero-order chi connectivity index (χ0) is 14.9. The highest BCUT2D eigenvalue weighted by molar-refractivity contribution is 7.09. The van der Waals surface area contributed by atoms with Crippen LogP contribution in [0.2, 0.25) is 0 Å².